The molecule has 4 atom stereocenters. The minimum absolute atomic E-state index is 0.333. The molecule has 1 aliphatic rings. The van der Waals surface area contributed by atoms with Gasteiger partial charge < -0.3 is 37.2 Å². The highest BCUT2D eigenvalue weighted by atomic mass is 16.4. The summed E-state index contributed by atoms with van der Waals surface area (Å²) in [6, 6.07) is -4.59. The number of carboxylic acid groups (broad SMARTS) is 2. The molecule has 4 unspecified atom stereocenters. The van der Waals surface area contributed by atoms with Gasteiger partial charge in [-0.2, -0.15) is 0 Å². The number of hydrogen-bond acceptors (Lipinski definition) is 7. The monoisotopic (exact) mass is 429 g/mol. The van der Waals surface area contributed by atoms with Crippen LogP contribution in [-0.2, 0) is 28.8 Å². The number of nitrogens with two attached hydrogens (primary N) is 1. The topological polar surface area (TPSA) is 217 Å². The van der Waals surface area contributed by atoms with E-state index in [9.17, 15) is 28.8 Å². The largest absolute Gasteiger partial charge is 0.481 e. The zero-order chi connectivity index (χ0) is 22.8. The fourth-order valence-electron chi connectivity index (χ4n) is 2.78. The van der Waals surface area contributed by atoms with Crippen LogP contribution in [0.3, 0.4) is 0 Å². The van der Waals surface area contributed by atoms with Crippen molar-refractivity contribution in [3.05, 3.63) is 0 Å². The molecular weight excluding hydrogens is 402 g/mol. The van der Waals surface area contributed by atoms with Gasteiger partial charge in [0.1, 0.15) is 18.1 Å². The summed E-state index contributed by atoms with van der Waals surface area (Å²) in [5.74, 6) is -5.78. The van der Waals surface area contributed by atoms with E-state index in [2.05, 4.69) is 21.3 Å². The number of nitrogens with one attached hydrogen (secondary N) is 4. The van der Waals surface area contributed by atoms with E-state index in [4.69, 9.17) is 15.9 Å². The maximum Gasteiger partial charge on any atom is 0.325 e. The molecule has 1 rings (SSSR count). The van der Waals surface area contributed by atoms with Gasteiger partial charge >= 0.3 is 11.9 Å². The zero-order valence-corrected chi connectivity index (χ0v) is 16.5. The van der Waals surface area contributed by atoms with Crippen molar-refractivity contribution in [3.63, 3.8) is 0 Å². The normalized spacial score (nSPS) is 18.5. The highest BCUT2D eigenvalue weighted by molar-refractivity contribution is 5.96. The van der Waals surface area contributed by atoms with Crippen LogP contribution in [-0.4, -0.2) is 76.5 Å². The van der Waals surface area contributed by atoms with E-state index in [-0.39, 0.29) is 6.42 Å². The van der Waals surface area contributed by atoms with Gasteiger partial charge in [-0.05, 0) is 32.7 Å². The molecule has 4 amide bonds. The SMILES string of the molecule is CC(NC(=O)C(CCC(=O)O)NC(=O)C(CC(N)=O)NC(=O)C1CCCN1)C(=O)O. The summed E-state index contributed by atoms with van der Waals surface area (Å²) in [7, 11) is 0. The molecule has 0 saturated carbocycles. The number of amides is 4. The van der Waals surface area contributed by atoms with Gasteiger partial charge in [0.2, 0.25) is 23.6 Å². The summed E-state index contributed by atoms with van der Waals surface area (Å²) in [4.78, 5) is 70.3. The molecule has 0 aromatic carbocycles. The van der Waals surface area contributed by atoms with E-state index < -0.39 is 72.6 Å². The Hall–Kier alpha value is -3.22. The first-order chi connectivity index (χ1) is 14.0. The lowest BCUT2D eigenvalue weighted by atomic mass is 10.1. The average molecular weight is 429 g/mol. The van der Waals surface area contributed by atoms with Gasteiger partial charge in [-0.15, -0.1) is 0 Å². The van der Waals surface area contributed by atoms with Crippen LogP contribution in [0.5, 0.6) is 0 Å². The molecule has 1 aliphatic heterocycles. The highest BCUT2D eigenvalue weighted by Gasteiger charge is 2.31. The van der Waals surface area contributed by atoms with Crippen molar-refractivity contribution in [3.8, 4) is 0 Å². The number of carboxylic acids is 2. The third kappa shape index (κ3) is 8.43. The summed E-state index contributed by atoms with van der Waals surface area (Å²) in [5, 5.41) is 27.5. The molecular formula is C17H27N5O8. The zero-order valence-electron chi connectivity index (χ0n) is 16.5. The van der Waals surface area contributed by atoms with Crippen LogP contribution in [0.15, 0.2) is 0 Å². The number of aliphatic carboxylic acids is 2. The van der Waals surface area contributed by atoms with Gasteiger partial charge in [0.25, 0.3) is 0 Å². The molecule has 1 heterocycles. The van der Waals surface area contributed by atoms with Gasteiger partial charge in [-0.3, -0.25) is 28.8 Å². The van der Waals surface area contributed by atoms with Crippen LogP contribution in [0, 0.1) is 0 Å². The number of carbonyl (C=O) groups excluding carboxylic acids is 4. The molecule has 8 N–H and O–H groups in total. The van der Waals surface area contributed by atoms with Crippen molar-refractivity contribution in [1.82, 2.24) is 21.3 Å². The fourth-order valence-corrected chi connectivity index (χ4v) is 2.78. The fraction of sp³-hybridized carbons (Fsp3) is 0.647. The molecule has 0 spiro atoms. The van der Waals surface area contributed by atoms with E-state index in [1.807, 2.05) is 0 Å². The second-order valence-electron chi connectivity index (χ2n) is 6.94. The van der Waals surface area contributed by atoms with Crippen molar-refractivity contribution in [2.24, 2.45) is 5.73 Å². The van der Waals surface area contributed by atoms with Gasteiger partial charge in [-0.1, -0.05) is 0 Å². The van der Waals surface area contributed by atoms with E-state index in [1.165, 1.54) is 6.92 Å². The lowest BCUT2D eigenvalue weighted by Gasteiger charge is -2.24. The molecule has 1 saturated heterocycles. The summed E-state index contributed by atoms with van der Waals surface area (Å²) >= 11 is 0. The lowest BCUT2D eigenvalue weighted by Crippen LogP contribution is -2.57. The molecule has 13 nitrogen and oxygen atoms in total. The van der Waals surface area contributed by atoms with Crippen LogP contribution in [0.2, 0.25) is 0 Å². The van der Waals surface area contributed by atoms with Gasteiger partial charge in [0.15, 0.2) is 0 Å². The Balaban J connectivity index is 2.88. The minimum atomic E-state index is -1.40. The van der Waals surface area contributed by atoms with Crippen molar-refractivity contribution < 1.29 is 39.0 Å². The maximum absolute atomic E-state index is 12.6. The van der Waals surface area contributed by atoms with Gasteiger partial charge in [-0.25, -0.2) is 0 Å². The van der Waals surface area contributed by atoms with Crippen LogP contribution < -0.4 is 27.0 Å². The minimum Gasteiger partial charge on any atom is -0.481 e. The Morgan fingerprint density at radius 2 is 1.67 bits per heavy atom. The number of hydrogen-bond donors (Lipinski definition) is 7. The first-order valence-electron chi connectivity index (χ1n) is 9.38. The number of rotatable bonds is 12. The first kappa shape index (κ1) is 24.8. The Bertz CT molecular complexity index is 692. The summed E-state index contributed by atoms with van der Waals surface area (Å²) in [6.45, 7) is 1.82. The standard InChI is InChI=1S/C17H27N5O8/c1-8(17(29)30)20-15(27)10(4-5-13(24)25)21-16(28)11(7-12(18)23)22-14(26)9-3-2-6-19-9/h8-11,19H,2-7H2,1H3,(H2,18,23)(H,20,27)(H,21,28)(H,22,26)(H,24,25)(H,29,30). The molecule has 1 fully saturated rings. The smallest absolute Gasteiger partial charge is 0.325 e. The second-order valence-corrected chi connectivity index (χ2v) is 6.94. The van der Waals surface area contributed by atoms with E-state index in [1.54, 1.807) is 0 Å². The van der Waals surface area contributed by atoms with Gasteiger partial charge in [0.05, 0.1) is 12.5 Å². The Kier molecular flexibility index (Phi) is 9.68. The van der Waals surface area contributed by atoms with Crippen molar-refractivity contribution in [1.29, 1.82) is 0 Å². The summed E-state index contributed by atoms with van der Waals surface area (Å²) in [5.41, 5.74) is 5.14. The predicted molar refractivity (Wildman–Crippen MR) is 101 cm³/mol. The molecule has 0 aromatic rings. The quantitative estimate of drug-likeness (QED) is 0.168. The molecule has 0 bridgehead atoms. The van der Waals surface area contributed by atoms with E-state index in [0.717, 1.165) is 6.42 Å². The number of primary amides is 1. The first-order valence-corrected chi connectivity index (χ1v) is 9.38. The van der Waals surface area contributed by atoms with Gasteiger partial charge in [0, 0.05) is 6.42 Å². The molecule has 13 heteroatoms. The Labute approximate surface area is 172 Å². The number of carbonyl (C=O) groups is 6. The summed E-state index contributed by atoms with van der Waals surface area (Å²) < 4.78 is 0. The summed E-state index contributed by atoms with van der Waals surface area (Å²) in [6.07, 6.45) is -0.0418. The molecule has 0 aliphatic carbocycles. The third-order valence-corrected chi connectivity index (χ3v) is 4.42. The molecule has 30 heavy (non-hydrogen) atoms. The maximum atomic E-state index is 12.6. The van der Waals surface area contributed by atoms with Crippen LogP contribution >= 0.6 is 0 Å². The molecule has 0 aromatic heterocycles. The van der Waals surface area contributed by atoms with Crippen LogP contribution in [0.4, 0.5) is 0 Å². The van der Waals surface area contributed by atoms with Crippen molar-refractivity contribution in [2.45, 2.75) is 63.2 Å². The third-order valence-electron chi connectivity index (χ3n) is 4.42. The molecule has 168 valence electrons. The van der Waals surface area contributed by atoms with Crippen molar-refractivity contribution >= 4 is 35.6 Å². The predicted octanol–water partition coefficient (Wildman–Crippen LogP) is -2.96. The highest BCUT2D eigenvalue weighted by Crippen LogP contribution is 2.07. The van der Waals surface area contributed by atoms with E-state index >= 15 is 0 Å². The molecule has 0 radical (unpaired) electrons. The van der Waals surface area contributed by atoms with Crippen LogP contribution in [0.1, 0.15) is 39.0 Å². The van der Waals surface area contributed by atoms with Crippen LogP contribution in [0.25, 0.3) is 0 Å². The van der Waals surface area contributed by atoms with Crippen molar-refractivity contribution in [2.75, 3.05) is 6.54 Å². The van der Waals surface area contributed by atoms with E-state index in [0.29, 0.717) is 13.0 Å². The Morgan fingerprint density at radius 1 is 1.03 bits per heavy atom. The lowest BCUT2D eigenvalue weighted by molar-refractivity contribution is -0.142. The Morgan fingerprint density at radius 3 is 2.17 bits per heavy atom. The average Bonchev–Trinajstić information content (AvgIpc) is 3.18. The second kappa shape index (κ2) is 11.7.